The summed E-state index contributed by atoms with van der Waals surface area (Å²) >= 11 is 1.47. The Hall–Kier alpha value is -3.42. The van der Waals surface area contributed by atoms with E-state index >= 15 is 0 Å². The van der Waals surface area contributed by atoms with Crippen molar-refractivity contribution in [2.24, 2.45) is 10.7 Å². The van der Waals surface area contributed by atoms with Crippen LogP contribution in [0.25, 0.3) is 0 Å². The first-order chi connectivity index (χ1) is 16.9. The molecule has 0 aliphatic rings. The summed E-state index contributed by atoms with van der Waals surface area (Å²) < 4.78 is 8.95. The Morgan fingerprint density at radius 3 is 2.69 bits per heavy atom. The zero-order chi connectivity index (χ0) is 25.2. The molecule has 1 unspecified atom stereocenters. The maximum absolute atomic E-state index is 11.2. The molecule has 6 nitrogen and oxygen atoms in total. The number of hydrogen-bond acceptors (Lipinski definition) is 6. The van der Waals surface area contributed by atoms with E-state index in [1.54, 1.807) is 13.2 Å². The van der Waals surface area contributed by atoms with Crippen molar-refractivity contribution in [3.05, 3.63) is 89.0 Å². The van der Waals surface area contributed by atoms with E-state index in [0.29, 0.717) is 17.5 Å². The Labute approximate surface area is 211 Å². The number of amidine groups is 1. The minimum atomic E-state index is -0.0985. The number of rotatable bonds is 12. The topological polar surface area (TPSA) is 101 Å². The lowest BCUT2D eigenvalue weighted by Crippen LogP contribution is -2.33. The van der Waals surface area contributed by atoms with Crippen molar-refractivity contribution in [2.75, 3.05) is 7.11 Å². The fourth-order valence-electron chi connectivity index (χ4n) is 3.70. The fraction of sp³-hybridized carbons (Fsp3) is 0.250. The summed E-state index contributed by atoms with van der Waals surface area (Å²) in [4.78, 5) is 17.1. The summed E-state index contributed by atoms with van der Waals surface area (Å²) in [5.74, 6) is 0.871. The molecule has 35 heavy (non-hydrogen) atoms. The van der Waals surface area contributed by atoms with E-state index in [2.05, 4.69) is 11.6 Å². The number of carbonyl (C=O) groups is 1. The number of hydrogen-bond donors (Lipinski definition) is 3. The van der Waals surface area contributed by atoms with E-state index in [0.717, 1.165) is 52.3 Å². The molecule has 3 rings (SSSR count). The molecule has 0 aliphatic carbocycles. The normalized spacial score (nSPS) is 12.3. The minimum absolute atomic E-state index is 0.0456. The molecule has 0 fully saturated rings. The zero-order valence-corrected chi connectivity index (χ0v) is 21.2. The number of nitrogens with zero attached hydrogens (tertiary/aromatic N) is 1. The number of nitrogen functional groups attached to an aromatic ring is 1. The van der Waals surface area contributed by atoms with Crippen LogP contribution >= 0.6 is 11.9 Å². The van der Waals surface area contributed by atoms with Gasteiger partial charge in [0.15, 0.2) is 0 Å². The summed E-state index contributed by atoms with van der Waals surface area (Å²) in [7, 11) is 1.67. The van der Waals surface area contributed by atoms with Crippen LogP contribution in [0.5, 0.6) is 5.75 Å². The van der Waals surface area contributed by atoms with Gasteiger partial charge in [-0.15, -0.1) is 0 Å². The summed E-state index contributed by atoms with van der Waals surface area (Å²) in [6, 6.07) is 21.1. The molecular formula is C28H32N4O2S. The van der Waals surface area contributed by atoms with Crippen molar-refractivity contribution in [1.82, 2.24) is 4.72 Å². The van der Waals surface area contributed by atoms with Crippen molar-refractivity contribution >= 4 is 35.5 Å². The monoisotopic (exact) mass is 488 g/mol. The van der Waals surface area contributed by atoms with Crippen LogP contribution < -0.4 is 15.2 Å². The van der Waals surface area contributed by atoms with Gasteiger partial charge in [0, 0.05) is 21.7 Å². The summed E-state index contributed by atoms with van der Waals surface area (Å²) in [5, 5.41) is 7.77. The number of aryl methyl sites for hydroxylation is 1. The molecule has 4 N–H and O–H groups in total. The van der Waals surface area contributed by atoms with Crippen molar-refractivity contribution in [3.63, 3.8) is 0 Å². The highest BCUT2D eigenvalue weighted by atomic mass is 32.2. The molecule has 0 aromatic heterocycles. The van der Waals surface area contributed by atoms with E-state index in [9.17, 15) is 4.79 Å². The number of aldehydes is 1. The summed E-state index contributed by atoms with van der Waals surface area (Å²) in [6.07, 6.45) is 3.43. The molecule has 0 saturated carbocycles. The van der Waals surface area contributed by atoms with Gasteiger partial charge in [-0.3, -0.25) is 19.9 Å². The van der Waals surface area contributed by atoms with Gasteiger partial charge in [0.1, 0.15) is 17.9 Å². The van der Waals surface area contributed by atoms with Crippen molar-refractivity contribution in [2.45, 2.75) is 44.0 Å². The molecule has 1 atom stereocenters. The van der Waals surface area contributed by atoms with E-state index < -0.39 is 0 Å². The second-order valence-corrected chi connectivity index (χ2v) is 9.19. The van der Waals surface area contributed by atoms with E-state index in [1.807, 2.05) is 67.6 Å². The number of nitrogens with one attached hydrogen (secondary N) is 2. The molecule has 7 heteroatoms. The lowest BCUT2D eigenvalue weighted by atomic mass is 10.0. The molecule has 0 radical (unpaired) electrons. The fourth-order valence-corrected chi connectivity index (χ4v) is 4.58. The molecule has 182 valence electrons. The van der Waals surface area contributed by atoms with Crippen molar-refractivity contribution < 1.29 is 9.53 Å². The predicted molar refractivity (Wildman–Crippen MR) is 146 cm³/mol. The lowest BCUT2D eigenvalue weighted by Gasteiger charge is -2.20. The van der Waals surface area contributed by atoms with Gasteiger partial charge in [0.25, 0.3) is 0 Å². The van der Waals surface area contributed by atoms with E-state index in [-0.39, 0.29) is 11.9 Å². The first-order valence-electron chi connectivity index (χ1n) is 11.6. The Morgan fingerprint density at radius 2 is 1.97 bits per heavy atom. The smallest absolute Gasteiger partial charge is 0.150 e. The highest BCUT2D eigenvalue weighted by Crippen LogP contribution is 2.27. The molecule has 0 spiro atoms. The summed E-state index contributed by atoms with van der Waals surface area (Å²) in [5.41, 5.74) is 11.1. The van der Waals surface area contributed by atoms with Gasteiger partial charge in [-0.2, -0.15) is 0 Å². The minimum Gasteiger partial charge on any atom is -0.497 e. The van der Waals surface area contributed by atoms with Crippen LogP contribution in [0.1, 0.15) is 47.3 Å². The molecular weight excluding hydrogens is 456 g/mol. The molecule has 3 aromatic rings. The number of methoxy groups -OCH3 is 1. The maximum atomic E-state index is 11.2. The molecule has 3 aromatic carbocycles. The van der Waals surface area contributed by atoms with Crippen LogP contribution in [0, 0.1) is 5.41 Å². The van der Waals surface area contributed by atoms with Crippen LogP contribution in [-0.4, -0.2) is 31.0 Å². The Morgan fingerprint density at radius 1 is 1.17 bits per heavy atom. The number of aliphatic imine (C=N–C) groups is 1. The van der Waals surface area contributed by atoms with Gasteiger partial charge in [0.2, 0.25) is 0 Å². The molecule has 0 saturated heterocycles. The zero-order valence-electron chi connectivity index (χ0n) is 20.4. The van der Waals surface area contributed by atoms with Gasteiger partial charge < -0.3 is 10.5 Å². The predicted octanol–water partition coefficient (Wildman–Crippen LogP) is 5.74. The van der Waals surface area contributed by atoms with E-state index in [1.165, 1.54) is 11.9 Å². The van der Waals surface area contributed by atoms with Crippen molar-refractivity contribution in [3.8, 4) is 5.75 Å². The third-order valence-corrected chi connectivity index (χ3v) is 6.49. The third-order valence-electron chi connectivity index (χ3n) is 5.60. The van der Waals surface area contributed by atoms with Crippen LogP contribution in [0.2, 0.25) is 0 Å². The maximum Gasteiger partial charge on any atom is 0.150 e. The Kier molecular flexibility index (Phi) is 9.64. The lowest BCUT2D eigenvalue weighted by molar-refractivity contribution is 0.112. The SMILES string of the molecule is CCCc1cc(OC)ccc1N=C(C)C(Cc1cccc(C(=N)N)c1)NSc1cccc(C=O)c1. The molecule has 0 bridgehead atoms. The average Bonchev–Trinajstić information content (AvgIpc) is 2.87. The number of nitrogens with two attached hydrogens (primary N) is 1. The molecule has 0 heterocycles. The molecule has 0 aliphatic heterocycles. The van der Waals surface area contributed by atoms with Gasteiger partial charge in [-0.25, -0.2) is 0 Å². The van der Waals surface area contributed by atoms with E-state index in [4.69, 9.17) is 20.9 Å². The molecule has 0 amide bonds. The number of ether oxygens (including phenoxy) is 1. The standard InChI is InChI=1S/C28H32N4O2S/c1-4-7-22-17-24(34-3)12-13-26(22)31-19(2)27(16-20-8-5-10-23(14-20)28(29)30)32-35-25-11-6-9-21(15-25)18-33/h5-6,8-15,17-18,27,32H,4,7,16H2,1-3H3,(H3,29,30). The first-order valence-corrected chi connectivity index (χ1v) is 12.4. The second kappa shape index (κ2) is 12.9. The number of carbonyl (C=O) groups excluding carboxylic acids is 1. The van der Waals surface area contributed by atoms with Crippen LogP contribution in [0.4, 0.5) is 5.69 Å². The third kappa shape index (κ3) is 7.53. The van der Waals surface area contributed by atoms with Crippen LogP contribution in [-0.2, 0) is 12.8 Å². The van der Waals surface area contributed by atoms with Crippen LogP contribution in [0.3, 0.4) is 0 Å². The van der Waals surface area contributed by atoms with Crippen molar-refractivity contribution in [1.29, 1.82) is 5.41 Å². The summed E-state index contributed by atoms with van der Waals surface area (Å²) in [6.45, 7) is 4.17. The number of benzene rings is 3. The van der Waals surface area contributed by atoms with Gasteiger partial charge in [0.05, 0.1) is 18.8 Å². The highest BCUT2D eigenvalue weighted by molar-refractivity contribution is 7.97. The van der Waals surface area contributed by atoms with Crippen LogP contribution in [0.15, 0.2) is 76.6 Å². The largest absolute Gasteiger partial charge is 0.497 e. The average molecular weight is 489 g/mol. The van der Waals surface area contributed by atoms with Gasteiger partial charge >= 0.3 is 0 Å². The highest BCUT2D eigenvalue weighted by Gasteiger charge is 2.16. The van der Waals surface area contributed by atoms with Gasteiger partial charge in [-0.1, -0.05) is 43.7 Å². The Balaban J connectivity index is 1.92. The first kappa shape index (κ1) is 26.2. The second-order valence-electron chi connectivity index (χ2n) is 8.28. The van der Waals surface area contributed by atoms with Gasteiger partial charge in [-0.05, 0) is 79.2 Å². The quantitative estimate of drug-likeness (QED) is 0.131. The Bertz CT molecular complexity index is 1210.